The number of fused-ring (bicyclic) bond motifs is 1. The van der Waals surface area contributed by atoms with Crippen molar-refractivity contribution in [2.45, 2.75) is 38.8 Å². The number of nitrogens with zero attached hydrogens (tertiary/aromatic N) is 6. The fourth-order valence-electron chi connectivity index (χ4n) is 4.47. The van der Waals surface area contributed by atoms with E-state index in [2.05, 4.69) is 25.0 Å². The zero-order valence-corrected chi connectivity index (χ0v) is 17.7. The lowest BCUT2D eigenvalue weighted by atomic mass is 9.96. The first kappa shape index (κ1) is 20.1. The topological polar surface area (TPSA) is 80.3 Å². The smallest absolute Gasteiger partial charge is 0.266 e. The number of piperazine rings is 1. The Morgan fingerprint density at radius 3 is 2.65 bits per heavy atom. The molecule has 31 heavy (non-hydrogen) atoms. The molecule has 0 bridgehead atoms. The van der Waals surface area contributed by atoms with Gasteiger partial charge in [0.2, 0.25) is 0 Å². The Hall–Kier alpha value is -2.84. The van der Waals surface area contributed by atoms with Gasteiger partial charge in [0.05, 0.1) is 12.2 Å². The highest BCUT2D eigenvalue weighted by Gasteiger charge is 2.23. The van der Waals surface area contributed by atoms with Crippen LogP contribution in [0.15, 0.2) is 46.0 Å². The highest BCUT2D eigenvalue weighted by molar-refractivity contribution is 5.56. The summed E-state index contributed by atoms with van der Waals surface area (Å²) in [5.74, 6) is 1.10. The summed E-state index contributed by atoms with van der Waals surface area (Å²) in [6, 6.07) is 7.18. The third-order valence-electron chi connectivity index (χ3n) is 6.32. The van der Waals surface area contributed by atoms with Crippen LogP contribution in [0.25, 0.3) is 11.3 Å². The van der Waals surface area contributed by atoms with Gasteiger partial charge in [0.25, 0.3) is 5.56 Å². The molecule has 0 N–H and O–H groups in total. The molecule has 0 amide bonds. The van der Waals surface area contributed by atoms with Crippen LogP contribution in [-0.4, -0.2) is 62.4 Å². The minimum Gasteiger partial charge on any atom is -0.361 e. The van der Waals surface area contributed by atoms with E-state index in [1.54, 1.807) is 29.2 Å². The normalized spacial score (nSPS) is 17.5. The molecule has 2 aliphatic rings. The van der Waals surface area contributed by atoms with Gasteiger partial charge in [-0.15, -0.1) is 0 Å². The predicted molar refractivity (Wildman–Crippen MR) is 117 cm³/mol. The van der Waals surface area contributed by atoms with E-state index in [0.29, 0.717) is 6.54 Å². The molecule has 1 aliphatic carbocycles. The minimum absolute atomic E-state index is 0.0675. The molecule has 0 atom stereocenters. The Morgan fingerprint density at radius 2 is 1.81 bits per heavy atom. The Labute approximate surface area is 181 Å². The molecule has 0 radical (unpaired) electrons. The number of hydrogen-bond acceptors (Lipinski definition) is 7. The van der Waals surface area contributed by atoms with Crippen LogP contribution in [0, 0.1) is 0 Å². The molecule has 1 fully saturated rings. The summed E-state index contributed by atoms with van der Waals surface area (Å²) in [4.78, 5) is 21.3. The van der Waals surface area contributed by atoms with Crippen LogP contribution in [-0.2, 0) is 25.9 Å². The standard InChI is InChI=1S/C23H28N6O2/c30-23-8-7-20(18-4-3-9-24-16-18)25-29(23)15-14-27-10-12-28(13-11-27)17-21-19-5-1-2-6-22(19)31-26-21/h3-4,7-9,16H,1-2,5-6,10-15,17H2. The number of pyridine rings is 1. The molecular weight excluding hydrogens is 392 g/mol. The van der Waals surface area contributed by atoms with E-state index in [0.717, 1.165) is 74.8 Å². The average Bonchev–Trinajstić information content (AvgIpc) is 3.23. The Morgan fingerprint density at radius 1 is 0.968 bits per heavy atom. The number of aromatic nitrogens is 4. The average molecular weight is 421 g/mol. The summed E-state index contributed by atoms with van der Waals surface area (Å²) in [7, 11) is 0. The van der Waals surface area contributed by atoms with Crippen molar-refractivity contribution in [2.24, 2.45) is 0 Å². The summed E-state index contributed by atoms with van der Waals surface area (Å²) in [6.07, 6.45) is 8.09. The molecule has 3 aromatic rings. The minimum atomic E-state index is -0.0675. The summed E-state index contributed by atoms with van der Waals surface area (Å²) in [5, 5.41) is 8.89. The van der Waals surface area contributed by atoms with Crippen molar-refractivity contribution in [3.63, 3.8) is 0 Å². The molecule has 4 heterocycles. The van der Waals surface area contributed by atoms with Crippen LogP contribution in [0.4, 0.5) is 0 Å². The van der Waals surface area contributed by atoms with Crippen molar-refractivity contribution in [2.75, 3.05) is 32.7 Å². The largest absolute Gasteiger partial charge is 0.361 e. The van der Waals surface area contributed by atoms with Crippen molar-refractivity contribution >= 4 is 0 Å². The third kappa shape index (κ3) is 4.60. The van der Waals surface area contributed by atoms with E-state index < -0.39 is 0 Å². The van der Waals surface area contributed by atoms with Crippen LogP contribution >= 0.6 is 0 Å². The van der Waals surface area contributed by atoms with Crippen LogP contribution in [0.3, 0.4) is 0 Å². The SMILES string of the molecule is O=c1ccc(-c2cccnc2)nn1CCN1CCN(Cc2noc3c2CCCC3)CC1. The summed E-state index contributed by atoms with van der Waals surface area (Å²) < 4.78 is 7.13. The van der Waals surface area contributed by atoms with Gasteiger partial charge in [-0.25, -0.2) is 4.68 Å². The summed E-state index contributed by atoms with van der Waals surface area (Å²) >= 11 is 0. The highest BCUT2D eigenvalue weighted by Crippen LogP contribution is 2.25. The van der Waals surface area contributed by atoms with E-state index in [1.807, 2.05) is 12.1 Å². The third-order valence-corrected chi connectivity index (χ3v) is 6.32. The molecule has 5 rings (SSSR count). The fraction of sp³-hybridized carbons (Fsp3) is 0.478. The van der Waals surface area contributed by atoms with Crippen molar-refractivity contribution < 1.29 is 4.52 Å². The van der Waals surface area contributed by atoms with Crippen LogP contribution < -0.4 is 5.56 Å². The Kier molecular flexibility index (Phi) is 5.90. The predicted octanol–water partition coefficient (Wildman–Crippen LogP) is 1.99. The Balaban J connectivity index is 1.15. The highest BCUT2D eigenvalue weighted by atomic mass is 16.5. The lowest BCUT2D eigenvalue weighted by molar-refractivity contribution is 0.120. The van der Waals surface area contributed by atoms with Crippen LogP contribution in [0.2, 0.25) is 0 Å². The first-order valence-electron chi connectivity index (χ1n) is 11.2. The van der Waals surface area contributed by atoms with Gasteiger partial charge in [-0.3, -0.25) is 19.6 Å². The second kappa shape index (κ2) is 9.11. The number of hydrogen-bond donors (Lipinski definition) is 0. The zero-order valence-electron chi connectivity index (χ0n) is 17.7. The van der Waals surface area contributed by atoms with Crippen molar-refractivity contribution in [3.05, 3.63) is 64.0 Å². The monoisotopic (exact) mass is 420 g/mol. The van der Waals surface area contributed by atoms with E-state index in [-0.39, 0.29) is 5.56 Å². The van der Waals surface area contributed by atoms with E-state index >= 15 is 0 Å². The molecule has 162 valence electrons. The maximum absolute atomic E-state index is 12.3. The first-order valence-corrected chi connectivity index (χ1v) is 11.2. The molecule has 8 nitrogen and oxygen atoms in total. The van der Waals surface area contributed by atoms with Gasteiger partial charge in [0, 0.05) is 75.3 Å². The number of aryl methyl sites for hydroxylation is 1. The van der Waals surface area contributed by atoms with Crippen molar-refractivity contribution in [3.8, 4) is 11.3 Å². The van der Waals surface area contributed by atoms with Gasteiger partial charge >= 0.3 is 0 Å². The zero-order chi connectivity index (χ0) is 21.0. The van der Waals surface area contributed by atoms with Gasteiger partial charge in [-0.2, -0.15) is 5.10 Å². The molecular formula is C23H28N6O2. The molecule has 8 heteroatoms. The lowest BCUT2D eigenvalue weighted by Crippen LogP contribution is -2.47. The summed E-state index contributed by atoms with van der Waals surface area (Å²) in [6.45, 7) is 6.24. The molecule has 0 spiro atoms. The fourth-order valence-corrected chi connectivity index (χ4v) is 4.47. The second-order valence-electron chi connectivity index (χ2n) is 8.38. The van der Waals surface area contributed by atoms with Crippen LogP contribution in [0.5, 0.6) is 0 Å². The van der Waals surface area contributed by atoms with Gasteiger partial charge in [0.15, 0.2) is 0 Å². The lowest BCUT2D eigenvalue weighted by Gasteiger charge is -2.34. The van der Waals surface area contributed by atoms with Crippen molar-refractivity contribution in [1.29, 1.82) is 0 Å². The molecule has 1 aliphatic heterocycles. The van der Waals surface area contributed by atoms with E-state index in [1.165, 1.54) is 18.4 Å². The first-order chi connectivity index (χ1) is 15.3. The van der Waals surface area contributed by atoms with Gasteiger partial charge in [-0.05, 0) is 37.5 Å². The molecule has 0 aromatic carbocycles. The molecule has 1 saturated heterocycles. The van der Waals surface area contributed by atoms with Gasteiger partial charge in [-0.1, -0.05) is 5.16 Å². The number of rotatable bonds is 6. The van der Waals surface area contributed by atoms with E-state index in [9.17, 15) is 4.79 Å². The molecule has 3 aromatic heterocycles. The van der Waals surface area contributed by atoms with Gasteiger partial charge < -0.3 is 4.52 Å². The van der Waals surface area contributed by atoms with Crippen LogP contribution in [0.1, 0.15) is 29.9 Å². The van der Waals surface area contributed by atoms with E-state index in [4.69, 9.17) is 4.52 Å². The Bertz CT molecular complexity index is 1070. The second-order valence-corrected chi connectivity index (χ2v) is 8.38. The maximum atomic E-state index is 12.3. The van der Waals surface area contributed by atoms with Crippen molar-refractivity contribution in [1.82, 2.24) is 29.7 Å². The quantitative estimate of drug-likeness (QED) is 0.603. The maximum Gasteiger partial charge on any atom is 0.266 e. The van der Waals surface area contributed by atoms with Gasteiger partial charge in [0.1, 0.15) is 11.5 Å². The molecule has 0 unspecified atom stereocenters. The molecule has 0 saturated carbocycles. The summed E-state index contributed by atoms with van der Waals surface area (Å²) in [5.41, 5.74) is 4.11.